The van der Waals surface area contributed by atoms with Gasteiger partial charge >= 0.3 is 0 Å². The highest BCUT2D eigenvalue weighted by Gasteiger charge is 2.33. The highest BCUT2D eigenvalue weighted by Crippen LogP contribution is 2.20. The Hall–Kier alpha value is -5.77. The van der Waals surface area contributed by atoms with Gasteiger partial charge in [0.25, 0.3) is 0 Å². The van der Waals surface area contributed by atoms with Crippen LogP contribution in [0.25, 0.3) is 10.9 Å². The van der Waals surface area contributed by atoms with Crippen molar-refractivity contribution in [3.05, 3.63) is 89.1 Å². The van der Waals surface area contributed by atoms with Gasteiger partial charge in [-0.3, -0.25) is 33.8 Å². The van der Waals surface area contributed by atoms with Crippen LogP contribution >= 0.6 is 36.9 Å². The lowest BCUT2D eigenvalue weighted by Gasteiger charge is -2.27. The van der Waals surface area contributed by atoms with Gasteiger partial charge in [-0.15, -0.1) is 0 Å². The van der Waals surface area contributed by atoms with Crippen LogP contribution in [0.2, 0.25) is 5.02 Å². The van der Waals surface area contributed by atoms with Crippen molar-refractivity contribution in [3.63, 3.8) is 0 Å². The van der Waals surface area contributed by atoms with Crippen molar-refractivity contribution < 1.29 is 28.8 Å². The van der Waals surface area contributed by atoms with E-state index in [0.717, 1.165) is 10.9 Å². The number of nitrogens with zero attached hydrogens (tertiary/aromatic N) is 2. The summed E-state index contributed by atoms with van der Waals surface area (Å²) in [5.74, 6) is -4.38. The van der Waals surface area contributed by atoms with Gasteiger partial charge in [-0.1, -0.05) is 41.9 Å². The minimum absolute atomic E-state index is 0.0144. The molecule has 0 aliphatic rings. The number of guanidine groups is 1. The number of amides is 6. The molecule has 0 saturated carbocycles. The number of nitrogens with one attached hydrogen (secondary N) is 7. The van der Waals surface area contributed by atoms with Crippen LogP contribution in [0.3, 0.4) is 0 Å². The fourth-order valence-electron chi connectivity index (χ4n) is 6.24. The van der Waals surface area contributed by atoms with Crippen molar-refractivity contribution in [3.8, 4) is 0 Å². The van der Waals surface area contributed by atoms with Gasteiger partial charge in [0.1, 0.15) is 30.2 Å². The average Bonchev–Trinajstić information content (AvgIpc) is 3.90. The van der Waals surface area contributed by atoms with E-state index >= 15 is 0 Å². The second-order valence-corrected chi connectivity index (χ2v) is 15.4. The summed E-state index contributed by atoms with van der Waals surface area (Å²) in [5.41, 5.74) is 25.2. The molecular weight excluding hydrogens is 846 g/mol. The van der Waals surface area contributed by atoms with E-state index in [0.29, 0.717) is 27.6 Å². The monoisotopic (exact) mass is 897 g/mol. The molecule has 328 valence electrons. The van der Waals surface area contributed by atoms with Crippen molar-refractivity contribution in [1.29, 1.82) is 0 Å². The van der Waals surface area contributed by atoms with E-state index in [2.05, 4.69) is 71.8 Å². The first kappa shape index (κ1) is 47.9. The number of benzene rings is 2. The molecule has 0 fully saturated rings. The van der Waals surface area contributed by atoms with E-state index in [-0.39, 0.29) is 56.8 Å². The van der Waals surface area contributed by atoms with Gasteiger partial charge in [0, 0.05) is 65.6 Å². The first-order valence-electron chi connectivity index (χ1n) is 19.3. The molecule has 4 aromatic rings. The molecular formula is C39H52ClN13O6S2. The number of thiol groups is 2. The molecule has 4 rings (SSSR count). The van der Waals surface area contributed by atoms with Gasteiger partial charge in [-0.25, -0.2) is 4.98 Å². The number of para-hydroxylation sites is 1. The molecule has 0 bridgehead atoms. The number of aromatic nitrogens is 3. The van der Waals surface area contributed by atoms with E-state index in [4.69, 9.17) is 34.5 Å². The van der Waals surface area contributed by atoms with Crippen molar-refractivity contribution in [2.75, 3.05) is 18.1 Å². The summed E-state index contributed by atoms with van der Waals surface area (Å²) in [6.07, 6.45) is 4.93. The topological polar surface area (TPSA) is 323 Å². The lowest BCUT2D eigenvalue weighted by molar-refractivity contribution is -0.135. The number of H-pyrrole nitrogens is 2. The van der Waals surface area contributed by atoms with E-state index < -0.39 is 71.7 Å². The van der Waals surface area contributed by atoms with Gasteiger partial charge < -0.3 is 59.5 Å². The highest BCUT2D eigenvalue weighted by molar-refractivity contribution is 7.80. The number of imidazole rings is 1. The van der Waals surface area contributed by atoms with E-state index in [9.17, 15) is 28.8 Å². The summed E-state index contributed by atoms with van der Waals surface area (Å²) in [6.45, 7) is 0.0960. The molecule has 0 unspecified atom stereocenters. The SMILES string of the molecule is NC(=O)[C@H](CS)NC(=O)[C@H](Cc1c[nH]c2ccccc12)NC(=O)[C@H](CCCN=C(N)N)NC(=O)[C@@H](Cc1ccc(Cl)cc1)NC(=O)[C@H](Cc1cnc[nH]1)NC(=O)[C@@H](N)CCS. The maximum absolute atomic E-state index is 14.4. The van der Waals surface area contributed by atoms with Gasteiger partial charge in [-0.2, -0.15) is 25.3 Å². The Bertz CT molecular complexity index is 2130. The number of nitrogens with two attached hydrogens (primary N) is 4. The molecule has 6 atom stereocenters. The molecule has 19 nitrogen and oxygen atoms in total. The minimum atomic E-state index is -1.31. The number of rotatable bonds is 24. The minimum Gasteiger partial charge on any atom is -0.370 e. The number of carbonyl (C=O) groups excluding carboxylic acids is 6. The molecule has 6 amide bonds. The van der Waals surface area contributed by atoms with Crippen LogP contribution in [0.4, 0.5) is 0 Å². The van der Waals surface area contributed by atoms with Gasteiger partial charge in [-0.05, 0) is 54.3 Å². The van der Waals surface area contributed by atoms with Crippen LogP contribution < -0.4 is 49.5 Å². The van der Waals surface area contributed by atoms with E-state index in [1.807, 2.05) is 24.3 Å². The number of hydrogen-bond donors (Lipinski definition) is 13. The lowest BCUT2D eigenvalue weighted by atomic mass is 10.0. The maximum atomic E-state index is 14.4. The van der Waals surface area contributed by atoms with Crippen molar-refractivity contribution in [2.45, 2.75) is 74.8 Å². The predicted molar refractivity (Wildman–Crippen MR) is 239 cm³/mol. The van der Waals surface area contributed by atoms with Gasteiger partial charge in [0.2, 0.25) is 35.4 Å². The van der Waals surface area contributed by atoms with E-state index in [1.165, 1.54) is 12.5 Å². The van der Waals surface area contributed by atoms with E-state index in [1.54, 1.807) is 30.5 Å². The van der Waals surface area contributed by atoms with Crippen LogP contribution in [0.5, 0.6) is 0 Å². The standard InChI is InChI=1S/C39H52ClN13O6S2/c40-23-9-7-21(8-10-23)14-29(51-38(59)31(16-24-18-45-20-48-24)50-34(55)26(41)11-13-60)36(57)49-28(6-3-12-46-39(43)44)35(56)52-30(37(58)53-32(19-61)33(42)54)15-22-17-47-27-5-2-1-4-25(22)27/h1-2,4-5,7-10,17-18,20,26,28-32,47,60-61H,3,6,11-16,19,41H2,(H2,42,54)(H,45,48)(H,49,57)(H,50,55)(H,51,59)(H,52,56)(H,53,58)(H4,43,44,46)/t26-,28-,29+,30-,31-,32-/m0/s1. The molecule has 61 heavy (non-hydrogen) atoms. The second-order valence-electron chi connectivity index (χ2n) is 14.1. The summed E-state index contributed by atoms with van der Waals surface area (Å²) in [5, 5.41) is 14.7. The third-order valence-corrected chi connectivity index (χ3v) is 10.4. The van der Waals surface area contributed by atoms with Crippen molar-refractivity contribution >= 4 is 89.2 Å². The summed E-state index contributed by atoms with van der Waals surface area (Å²) in [4.78, 5) is 95.6. The van der Waals surface area contributed by atoms with Crippen LogP contribution in [0.1, 0.15) is 36.1 Å². The predicted octanol–water partition coefficient (Wildman–Crippen LogP) is -0.888. The van der Waals surface area contributed by atoms with Crippen LogP contribution in [0.15, 0.2) is 72.2 Å². The van der Waals surface area contributed by atoms with Crippen molar-refractivity contribution in [2.24, 2.45) is 27.9 Å². The highest BCUT2D eigenvalue weighted by atomic mass is 35.5. The summed E-state index contributed by atoms with van der Waals surface area (Å²) >= 11 is 14.4. The molecule has 22 heteroatoms. The zero-order valence-corrected chi connectivity index (χ0v) is 35.6. The third kappa shape index (κ3) is 15.0. The third-order valence-electron chi connectivity index (χ3n) is 9.53. The number of primary amides is 1. The van der Waals surface area contributed by atoms with Crippen LogP contribution in [0, 0.1) is 0 Å². The maximum Gasteiger partial charge on any atom is 0.243 e. The largest absolute Gasteiger partial charge is 0.370 e. The molecule has 2 aromatic heterocycles. The summed E-state index contributed by atoms with van der Waals surface area (Å²) < 4.78 is 0. The molecule has 0 aliphatic heterocycles. The smallest absolute Gasteiger partial charge is 0.243 e. The number of aromatic amines is 2. The molecule has 0 saturated heterocycles. The number of fused-ring (bicyclic) bond motifs is 1. The van der Waals surface area contributed by atoms with Gasteiger partial charge in [0.05, 0.1) is 12.4 Å². The average molecular weight is 899 g/mol. The lowest BCUT2D eigenvalue weighted by Crippen LogP contribution is -2.60. The number of hydrogen-bond acceptors (Lipinski definition) is 11. The fraction of sp³-hybridized carbons (Fsp3) is 0.385. The zero-order chi connectivity index (χ0) is 44.5. The normalized spacial score (nSPS) is 14.0. The molecule has 0 spiro atoms. The molecule has 0 aliphatic carbocycles. The van der Waals surface area contributed by atoms with Gasteiger partial charge in [0.15, 0.2) is 5.96 Å². The Kier molecular flexibility index (Phi) is 18.7. The van der Waals surface area contributed by atoms with Crippen LogP contribution in [-0.4, -0.2) is 111 Å². The Morgan fingerprint density at radius 3 is 1.92 bits per heavy atom. The summed E-state index contributed by atoms with van der Waals surface area (Å²) in [6, 6.07) is 6.75. The first-order chi connectivity index (χ1) is 29.2. The van der Waals surface area contributed by atoms with Crippen LogP contribution in [-0.2, 0) is 48.0 Å². The first-order valence-corrected chi connectivity index (χ1v) is 20.9. The fourth-order valence-corrected chi connectivity index (χ4v) is 6.91. The molecule has 0 radical (unpaired) electrons. The zero-order valence-electron chi connectivity index (χ0n) is 33.1. The summed E-state index contributed by atoms with van der Waals surface area (Å²) in [7, 11) is 0. The Labute approximate surface area is 367 Å². The number of aliphatic imine (C=N–C) groups is 1. The Morgan fingerprint density at radius 1 is 0.721 bits per heavy atom. The molecule has 2 aromatic carbocycles. The Balaban J connectivity index is 1.65. The molecule has 15 N–H and O–H groups in total. The van der Waals surface area contributed by atoms with Crippen molar-refractivity contribution in [1.82, 2.24) is 41.5 Å². The number of halogens is 1. The Morgan fingerprint density at radius 2 is 1.31 bits per heavy atom. The molecule has 2 heterocycles. The number of carbonyl (C=O) groups is 6. The quantitative estimate of drug-likeness (QED) is 0.0178. The second kappa shape index (κ2) is 23.9.